The van der Waals surface area contributed by atoms with Crippen LogP contribution in [0.2, 0.25) is 0 Å². The monoisotopic (exact) mass is 518 g/mol. The lowest BCUT2D eigenvalue weighted by molar-refractivity contribution is -0.323. The first-order chi connectivity index (χ1) is 17.4. The molecule has 0 amide bonds. The first kappa shape index (κ1) is 25.7. The fourth-order valence-corrected chi connectivity index (χ4v) is 3.66. The highest BCUT2D eigenvalue weighted by molar-refractivity contribution is 5.48. The summed E-state index contributed by atoms with van der Waals surface area (Å²) >= 11 is 0. The molecule has 0 heterocycles. The summed E-state index contributed by atoms with van der Waals surface area (Å²) in [5.74, 6) is -5.01. The number of halogens is 6. The quantitative estimate of drug-likeness (QED) is 0.193. The normalized spacial score (nSPS) is 12.3. The summed E-state index contributed by atoms with van der Waals surface area (Å²) in [5, 5.41) is 0. The van der Waals surface area contributed by atoms with Crippen molar-refractivity contribution >= 4 is 11.4 Å². The summed E-state index contributed by atoms with van der Waals surface area (Å²) in [6.45, 7) is 0. The van der Waals surface area contributed by atoms with E-state index in [2.05, 4.69) is 0 Å². The lowest BCUT2D eigenvalue weighted by Crippen LogP contribution is -2.53. The van der Waals surface area contributed by atoms with Gasteiger partial charge in [-0.2, -0.15) is 22.0 Å². The van der Waals surface area contributed by atoms with Crippen LogP contribution in [0.4, 0.5) is 37.7 Å². The van der Waals surface area contributed by atoms with Gasteiger partial charge in [-0.25, -0.2) is 4.39 Å². The molecular formula is C27H20F6N2O2. The van der Waals surface area contributed by atoms with E-state index in [0.29, 0.717) is 22.9 Å². The van der Waals surface area contributed by atoms with Crippen LogP contribution < -0.4 is 20.9 Å². The van der Waals surface area contributed by atoms with Crippen molar-refractivity contribution in [1.82, 2.24) is 0 Å². The van der Waals surface area contributed by atoms with E-state index in [0.717, 1.165) is 48.5 Å². The maximum Gasteiger partial charge on any atom is 0.457 e. The van der Waals surface area contributed by atoms with Gasteiger partial charge in [-0.3, -0.25) is 0 Å². The Bertz CT molecular complexity index is 1280. The number of nitrogen functional groups attached to an aromatic ring is 2. The number of rotatable bonds is 7. The van der Waals surface area contributed by atoms with E-state index in [-0.39, 0.29) is 11.5 Å². The van der Waals surface area contributed by atoms with Gasteiger partial charge >= 0.3 is 12.1 Å². The maximum atomic E-state index is 16.2. The average Bonchev–Trinajstić information content (AvgIpc) is 2.84. The molecule has 0 saturated carbocycles. The van der Waals surface area contributed by atoms with Crippen molar-refractivity contribution in [3.8, 4) is 23.0 Å². The molecule has 0 fully saturated rings. The second-order valence-electron chi connectivity index (χ2n) is 8.13. The van der Waals surface area contributed by atoms with Gasteiger partial charge in [-0.1, -0.05) is 36.4 Å². The lowest BCUT2D eigenvalue weighted by atomic mass is 9.82. The molecule has 0 aliphatic rings. The lowest BCUT2D eigenvalue weighted by Gasteiger charge is -2.35. The molecule has 4 N–H and O–H groups in total. The summed E-state index contributed by atoms with van der Waals surface area (Å²) in [7, 11) is 0. The number of benzene rings is 4. The molecule has 0 aliphatic carbocycles. The molecule has 0 unspecified atom stereocenters. The van der Waals surface area contributed by atoms with Crippen molar-refractivity contribution in [3.05, 3.63) is 108 Å². The van der Waals surface area contributed by atoms with Gasteiger partial charge < -0.3 is 20.9 Å². The van der Waals surface area contributed by atoms with Crippen molar-refractivity contribution in [2.45, 2.75) is 17.8 Å². The Hall–Kier alpha value is -4.34. The number of anilines is 2. The fourth-order valence-electron chi connectivity index (χ4n) is 3.66. The zero-order chi connectivity index (χ0) is 26.8. The molecule has 37 heavy (non-hydrogen) atoms. The predicted octanol–water partition coefficient (Wildman–Crippen LogP) is 7.85. The zero-order valence-electron chi connectivity index (χ0n) is 19.0. The van der Waals surface area contributed by atoms with Crippen LogP contribution in [0.5, 0.6) is 23.0 Å². The van der Waals surface area contributed by atoms with Gasteiger partial charge in [0.1, 0.15) is 23.0 Å². The number of nitrogens with two attached hydrogens (primary N) is 2. The molecular weight excluding hydrogens is 498 g/mol. The number of hydrogen-bond acceptors (Lipinski definition) is 4. The Morgan fingerprint density at radius 1 is 0.486 bits per heavy atom. The van der Waals surface area contributed by atoms with E-state index in [9.17, 15) is 22.0 Å². The summed E-state index contributed by atoms with van der Waals surface area (Å²) in [6.07, 6.45) is -6.19. The van der Waals surface area contributed by atoms with Crippen LogP contribution in [0.1, 0.15) is 11.1 Å². The van der Waals surface area contributed by atoms with Gasteiger partial charge in [0.15, 0.2) is 0 Å². The molecule has 0 aromatic heterocycles. The van der Waals surface area contributed by atoms with Gasteiger partial charge in [-0.15, -0.1) is 0 Å². The van der Waals surface area contributed by atoms with Gasteiger partial charge in [0.25, 0.3) is 0 Å². The minimum absolute atomic E-state index is 0.0814. The molecule has 4 nitrogen and oxygen atoms in total. The highest BCUT2D eigenvalue weighted by atomic mass is 19.4. The minimum atomic E-state index is -6.19. The third-order valence-corrected chi connectivity index (χ3v) is 5.48. The van der Waals surface area contributed by atoms with Crippen molar-refractivity contribution in [3.63, 3.8) is 0 Å². The summed E-state index contributed by atoms with van der Waals surface area (Å²) < 4.78 is 97.1. The number of ether oxygens (including phenoxy) is 2. The molecule has 4 rings (SSSR count). The Balaban J connectivity index is 1.69. The Kier molecular flexibility index (Phi) is 6.68. The maximum absolute atomic E-state index is 16.2. The van der Waals surface area contributed by atoms with E-state index in [1.807, 2.05) is 0 Å². The molecule has 4 aromatic carbocycles. The van der Waals surface area contributed by atoms with Gasteiger partial charge in [0.2, 0.25) is 5.67 Å². The molecule has 0 bridgehead atoms. The largest absolute Gasteiger partial charge is 0.457 e. The van der Waals surface area contributed by atoms with E-state index < -0.39 is 28.9 Å². The van der Waals surface area contributed by atoms with E-state index >= 15 is 4.39 Å². The average molecular weight is 518 g/mol. The van der Waals surface area contributed by atoms with Crippen LogP contribution in [0.3, 0.4) is 0 Å². The van der Waals surface area contributed by atoms with E-state index in [1.54, 1.807) is 36.4 Å². The highest BCUT2D eigenvalue weighted by Gasteiger charge is 2.72. The van der Waals surface area contributed by atoms with Crippen LogP contribution in [0.15, 0.2) is 97.1 Å². The van der Waals surface area contributed by atoms with Crippen molar-refractivity contribution < 1.29 is 35.8 Å². The highest BCUT2D eigenvalue weighted by Crippen LogP contribution is 2.54. The van der Waals surface area contributed by atoms with Gasteiger partial charge in [0, 0.05) is 34.6 Å². The number of alkyl halides is 6. The van der Waals surface area contributed by atoms with Crippen molar-refractivity contribution in [2.75, 3.05) is 11.5 Å². The Morgan fingerprint density at radius 3 is 1.19 bits per heavy atom. The SMILES string of the molecule is Nc1cccc(Oc2ccc(C(F)(c3ccc(Oc4cccc(N)c4)cc3)C(F)(F)C(F)(F)F)cc2)c1. The number of hydrogen-bond donors (Lipinski definition) is 2. The fraction of sp³-hybridized carbons (Fsp3) is 0.111. The summed E-state index contributed by atoms with van der Waals surface area (Å²) in [4.78, 5) is 0. The predicted molar refractivity (Wildman–Crippen MR) is 128 cm³/mol. The molecule has 0 aliphatic heterocycles. The Morgan fingerprint density at radius 2 is 0.865 bits per heavy atom. The van der Waals surface area contributed by atoms with Crippen LogP contribution in [-0.2, 0) is 5.67 Å². The first-order valence-electron chi connectivity index (χ1n) is 10.8. The molecule has 0 spiro atoms. The molecule has 0 saturated heterocycles. The summed E-state index contributed by atoms with van der Waals surface area (Å²) in [5.41, 5.74) is 6.04. The van der Waals surface area contributed by atoms with Crippen LogP contribution in [0, 0.1) is 0 Å². The minimum Gasteiger partial charge on any atom is -0.457 e. The summed E-state index contributed by atoms with van der Waals surface area (Å²) in [6, 6.07) is 20.2. The van der Waals surface area contributed by atoms with Crippen molar-refractivity contribution in [1.29, 1.82) is 0 Å². The molecule has 10 heteroatoms. The zero-order valence-corrected chi connectivity index (χ0v) is 19.0. The van der Waals surface area contributed by atoms with Gasteiger partial charge in [0.05, 0.1) is 0 Å². The van der Waals surface area contributed by atoms with E-state index in [4.69, 9.17) is 20.9 Å². The second-order valence-corrected chi connectivity index (χ2v) is 8.13. The van der Waals surface area contributed by atoms with Crippen LogP contribution >= 0.6 is 0 Å². The van der Waals surface area contributed by atoms with Gasteiger partial charge in [-0.05, 0) is 48.5 Å². The van der Waals surface area contributed by atoms with Crippen LogP contribution in [0.25, 0.3) is 0 Å². The second kappa shape index (κ2) is 9.61. The van der Waals surface area contributed by atoms with Crippen molar-refractivity contribution in [2.24, 2.45) is 0 Å². The third-order valence-electron chi connectivity index (χ3n) is 5.48. The topological polar surface area (TPSA) is 70.5 Å². The standard InChI is InChI=1S/C27H20F6N2O2/c28-25(26(29,30)27(31,32)33,17-7-11-21(12-8-17)36-23-5-1-3-19(34)15-23)18-9-13-22(14-10-18)37-24-6-2-4-20(35)16-24/h1-16H,34-35H2. The smallest absolute Gasteiger partial charge is 0.457 e. The third kappa shape index (κ3) is 5.13. The molecule has 0 radical (unpaired) electrons. The Labute approximate surface area is 208 Å². The molecule has 0 atom stereocenters. The molecule has 192 valence electrons. The first-order valence-corrected chi connectivity index (χ1v) is 10.8. The molecule has 4 aromatic rings. The van der Waals surface area contributed by atoms with Crippen LogP contribution in [-0.4, -0.2) is 12.1 Å². The van der Waals surface area contributed by atoms with E-state index in [1.165, 1.54) is 12.1 Å².